The lowest BCUT2D eigenvalue weighted by Gasteiger charge is -2.13. The van der Waals surface area contributed by atoms with E-state index in [0.29, 0.717) is 39.2 Å². The zero-order valence-corrected chi connectivity index (χ0v) is 15.2. The zero-order valence-electron chi connectivity index (χ0n) is 15.2. The minimum absolute atomic E-state index is 0.195. The molecule has 0 radical (unpaired) electrons. The monoisotopic (exact) mass is 366 g/mol. The van der Waals surface area contributed by atoms with Crippen LogP contribution in [-0.2, 0) is 6.61 Å². The highest BCUT2D eigenvalue weighted by Crippen LogP contribution is 2.42. The molecule has 2 aromatic carbocycles. The van der Waals surface area contributed by atoms with Gasteiger partial charge in [-0.05, 0) is 30.7 Å². The largest absolute Gasteiger partial charge is 0.497 e. The average Bonchev–Trinajstić information content (AvgIpc) is 3.15. The lowest BCUT2D eigenvalue weighted by Crippen LogP contribution is -2.06. The summed E-state index contributed by atoms with van der Waals surface area (Å²) in [4.78, 5) is 12.7. The topological polar surface area (TPSA) is 71.0 Å². The van der Waals surface area contributed by atoms with E-state index in [1.165, 1.54) is 19.4 Å². The van der Waals surface area contributed by atoms with Crippen LogP contribution >= 0.6 is 0 Å². The van der Waals surface area contributed by atoms with E-state index < -0.39 is 0 Å². The Labute approximate surface area is 154 Å². The molecule has 27 heavy (non-hydrogen) atoms. The molecule has 6 nitrogen and oxygen atoms in total. The van der Waals surface area contributed by atoms with Crippen LogP contribution in [0.25, 0.3) is 21.9 Å². The Morgan fingerprint density at radius 2 is 1.74 bits per heavy atom. The van der Waals surface area contributed by atoms with Gasteiger partial charge in [-0.1, -0.05) is 12.1 Å². The fourth-order valence-corrected chi connectivity index (χ4v) is 3.10. The highest BCUT2D eigenvalue weighted by Gasteiger charge is 2.22. The van der Waals surface area contributed by atoms with Crippen molar-refractivity contribution in [1.82, 2.24) is 0 Å². The molecule has 0 saturated heterocycles. The molecule has 0 aliphatic heterocycles. The van der Waals surface area contributed by atoms with Crippen molar-refractivity contribution in [3.8, 4) is 17.2 Å². The minimum Gasteiger partial charge on any atom is -0.497 e. The van der Waals surface area contributed by atoms with E-state index in [4.69, 9.17) is 23.0 Å². The molecule has 4 aromatic rings. The Morgan fingerprint density at radius 1 is 0.963 bits per heavy atom. The molecule has 0 N–H and O–H groups in total. The molecule has 0 atom stereocenters. The fraction of sp³-hybridized carbons (Fsp3) is 0.190. The van der Waals surface area contributed by atoms with Crippen molar-refractivity contribution >= 4 is 21.9 Å². The number of hydrogen-bond acceptors (Lipinski definition) is 6. The first kappa shape index (κ1) is 17.0. The number of furan rings is 1. The van der Waals surface area contributed by atoms with Crippen molar-refractivity contribution < 1.29 is 23.0 Å². The molecular weight excluding hydrogens is 348 g/mol. The second kappa shape index (κ2) is 6.72. The fourth-order valence-electron chi connectivity index (χ4n) is 3.10. The van der Waals surface area contributed by atoms with Crippen LogP contribution in [0.5, 0.6) is 17.2 Å². The summed E-state index contributed by atoms with van der Waals surface area (Å²) in [6.45, 7) is 1.99. The Bertz CT molecular complexity index is 1170. The zero-order chi connectivity index (χ0) is 19.0. The average molecular weight is 366 g/mol. The molecule has 0 aliphatic carbocycles. The summed E-state index contributed by atoms with van der Waals surface area (Å²) in [6.07, 6.45) is 1.53. The SMILES string of the molecule is COc1ccc(COc2c3ccoc3c(OC)c3oc(C)cc(=O)c23)cc1. The Kier molecular flexibility index (Phi) is 4.24. The van der Waals surface area contributed by atoms with Crippen LogP contribution in [0.3, 0.4) is 0 Å². The molecule has 0 aliphatic rings. The minimum atomic E-state index is -0.195. The van der Waals surface area contributed by atoms with Crippen LogP contribution in [0.2, 0.25) is 0 Å². The molecule has 0 unspecified atom stereocenters. The molecule has 4 rings (SSSR count). The maximum Gasteiger partial charge on any atom is 0.206 e. The summed E-state index contributed by atoms with van der Waals surface area (Å²) in [6, 6.07) is 10.7. The molecule has 0 saturated carbocycles. The van der Waals surface area contributed by atoms with Crippen LogP contribution in [0.1, 0.15) is 11.3 Å². The number of methoxy groups -OCH3 is 2. The van der Waals surface area contributed by atoms with Crippen LogP contribution in [0.4, 0.5) is 0 Å². The molecule has 0 fully saturated rings. The highest BCUT2D eigenvalue weighted by molar-refractivity contribution is 6.06. The van der Waals surface area contributed by atoms with Crippen LogP contribution < -0.4 is 19.6 Å². The van der Waals surface area contributed by atoms with Crippen molar-refractivity contribution in [2.24, 2.45) is 0 Å². The lowest BCUT2D eigenvalue weighted by atomic mass is 10.1. The van der Waals surface area contributed by atoms with Gasteiger partial charge < -0.3 is 23.0 Å². The van der Waals surface area contributed by atoms with Gasteiger partial charge in [0.25, 0.3) is 0 Å². The first-order valence-electron chi connectivity index (χ1n) is 8.39. The van der Waals surface area contributed by atoms with Gasteiger partial charge in [0.1, 0.15) is 29.3 Å². The predicted octanol–water partition coefficient (Wildman–Crippen LogP) is 4.44. The summed E-state index contributed by atoms with van der Waals surface area (Å²) in [5, 5.41) is 0.990. The first-order valence-corrected chi connectivity index (χ1v) is 8.39. The Hall–Kier alpha value is -3.41. The molecule has 6 heteroatoms. The molecule has 2 aromatic heterocycles. The van der Waals surface area contributed by atoms with Gasteiger partial charge in [-0.3, -0.25) is 4.79 Å². The second-order valence-corrected chi connectivity index (χ2v) is 6.09. The van der Waals surface area contributed by atoms with E-state index in [1.807, 2.05) is 24.3 Å². The third-order valence-corrected chi connectivity index (χ3v) is 4.37. The normalized spacial score (nSPS) is 11.1. The predicted molar refractivity (Wildman–Crippen MR) is 101 cm³/mol. The standard InChI is InChI=1S/C21H18O6/c1-12-10-16(22)17-18(26-11-13-4-6-14(23-2)7-5-13)15-8-9-25-19(15)21(24-3)20(17)27-12/h4-10H,11H2,1-3H3. The summed E-state index contributed by atoms with van der Waals surface area (Å²) < 4.78 is 28.0. The summed E-state index contributed by atoms with van der Waals surface area (Å²) >= 11 is 0. The van der Waals surface area contributed by atoms with Crippen molar-refractivity contribution in [2.75, 3.05) is 14.2 Å². The number of rotatable bonds is 5. The maximum atomic E-state index is 12.7. The first-order chi connectivity index (χ1) is 13.1. The van der Waals surface area contributed by atoms with E-state index in [0.717, 1.165) is 11.3 Å². The van der Waals surface area contributed by atoms with Gasteiger partial charge in [0.15, 0.2) is 16.6 Å². The summed E-state index contributed by atoms with van der Waals surface area (Å²) in [7, 11) is 3.13. The van der Waals surface area contributed by atoms with E-state index >= 15 is 0 Å². The van der Waals surface area contributed by atoms with Gasteiger partial charge >= 0.3 is 0 Å². The van der Waals surface area contributed by atoms with Crippen molar-refractivity contribution in [3.63, 3.8) is 0 Å². The number of ether oxygens (including phenoxy) is 3. The number of aryl methyl sites for hydroxylation is 1. The van der Waals surface area contributed by atoms with Crippen LogP contribution in [-0.4, -0.2) is 14.2 Å². The number of hydrogen-bond donors (Lipinski definition) is 0. The quantitative estimate of drug-likeness (QED) is 0.520. The van der Waals surface area contributed by atoms with E-state index in [1.54, 1.807) is 20.1 Å². The van der Waals surface area contributed by atoms with E-state index in [9.17, 15) is 4.79 Å². The number of benzene rings is 2. The van der Waals surface area contributed by atoms with Gasteiger partial charge in [0.05, 0.1) is 25.9 Å². The van der Waals surface area contributed by atoms with E-state index in [-0.39, 0.29) is 12.0 Å². The third kappa shape index (κ3) is 2.89. The molecule has 138 valence electrons. The van der Waals surface area contributed by atoms with Gasteiger partial charge in [0.2, 0.25) is 5.75 Å². The molecule has 0 bridgehead atoms. The van der Waals surface area contributed by atoms with Crippen LogP contribution in [0, 0.1) is 6.92 Å². The van der Waals surface area contributed by atoms with Crippen molar-refractivity contribution in [2.45, 2.75) is 13.5 Å². The van der Waals surface area contributed by atoms with Gasteiger partial charge in [-0.15, -0.1) is 0 Å². The lowest BCUT2D eigenvalue weighted by molar-refractivity contribution is 0.312. The molecule has 0 spiro atoms. The molecular formula is C21H18O6. The smallest absolute Gasteiger partial charge is 0.206 e. The van der Waals surface area contributed by atoms with Gasteiger partial charge in [0, 0.05) is 6.07 Å². The Morgan fingerprint density at radius 3 is 2.44 bits per heavy atom. The van der Waals surface area contributed by atoms with Crippen molar-refractivity contribution in [1.29, 1.82) is 0 Å². The highest BCUT2D eigenvalue weighted by atomic mass is 16.5. The van der Waals surface area contributed by atoms with E-state index in [2.05, 4.69) is 0 Å². The Balaban J connectivity index is 1.87. The number of fused-ring (bicyclic) bond motifs is 2. The second-order valence-electron chi connectivity index (χ2n) is 6.09. The summed E-state index contributed by atoms with van der Waals surface area (Å²) in [5.74, 6) is 2.04. The summed E-state index contributed by atoms with van der Waals surface area (Å²) in [5.41, 5.74) is 1.53. The van der Waals surface area contributed by atoms with Gasteiger partial charge in [-0.2, -0.15) is 0 Å². The molecule has 2 heterocycles. The van der Waals surface area contributed by atoms with Gasteiger partial charge in [-0.25, -0.2) is 0 Å². The maximum absolute atomic E-state index is 12.7. The molecule has 0 amide bonds. The third-order valence-electron chi connectivity index (χ3n) is 4.37. The van der Waals surface area contributed by atoms with Crippen LogP contribution in [0.15, 0.2) is 56.3 Å². The van der Waals surface area contributed by atoms with Crippen molar-refractivity contribution in [3.05, 3.63) is 64.2 Å².